The van der Waals surface area contributed by atoms with Crippen molar-refractivity contribution < 1.29 is 23.1 Å². The molecule has 0 spiro atoms. The molecule has 2 N–H and O–H groups in total. The minimum atomic E-state index is -0.902. The molecule has 0 radical (unpaired) electrons. The van der Waals surface area contributed by atoms with Crippen LogP contribution in [0.2, 0.25) is 0 Å². The number of esters is 1. The van der Waals surface area contributed by atoms with Crippen LogP contribution in [0, 0.1) is 5.82 Å². The molecule has 3 rings (SSSR count). The zero-order valence-corrected chi connectivity index (χ0v) is 12.1. The monoisotopic (exact) mass is 327 g/mol. The number of fused-ring (bicyclic) bond motifs is 1. The summed E-state index contributed by atoms with van der Waals surface area (Å²) in [4.78, 5) is 34.7. The van der Waals surface area contributed by atoms with E-state index in [1.54, 1.807) is 0 Å². The predicted molar refractivity (Wildman–Crippen MR) is 82.4 cm³/mol. The number of hydrogen-bond acceptors (Lipinski definition) is 5. The molecule has 24 heavy (non-hydrogen) atoms. The summed E-state index contributed by atoms with van der Waals surface area (Å²) in [5, 5.41) is 0.425. The lowest BCUT2D eigenvalue weighted by molar-refractivity contribution is 0.0730. The Morgan fingerprint density at radius 3 is 2.50 bits per heavy atom. The van der Waals surface area contributed by atoms with Crippen molar-refractivity contribution >= 4 is 22.8 Å². The molecule has 0 fully saturated rings. The topological polar surface area (TPSA) is 99.6 Å². The zero-order valence-electron chi connectivity index (χ0n) is 12.1. The van der Waals surface area contributed by atoms with E-state index in [4.69, 9.17) is 14.9 Å². The number of primary amides is 1. The molecule has 0 bridgehead atoms. The maximum Gasteiger partial charge on any atom is 0.349 e. The molecule has 120 valence electrons. The van der Waals surface area contributed by atoms with Crippen molar-refractivity contribution in [3.05, 3.63) is 75.9 Å². The number of hydrogen-bond donors (Lipinski definition) is 1. The van der Waals surface area contributed by atoms with Crippen LogP contribution in [0.1, 0.15) is 20.7 Å². The SMILES string of the molecule is NC(=O)c1cc2ccc(OC(=O)c3ccccc3F)cc2oc1=O. The van der Waals surface area contributed by atoms with Crippen LogP contribution >= 0.6 is 0 Å². The Kier molecular flexibility index (Phi) is 3.83. The number of amides is 1. The lowest BCUT2D eigenvalue weighted by Crippen LogP contribution is -2.20. The van der Waals surface area contributed by atoms with Crippen molar-refractivity contribution in [2.24, 2.45) is 5.73 Å². The largest absolute Gasteiger partial charge is 0.423 e. The van der Waals surface area contributed by atoms with Crippen LogP contribution < -0.4 is 16.1 Å². The molecule has 1 heterocycles. The first-order chi connectivity index (χ1) is 11.5. The third-order valence-corrected chi connectivity index (χ3v) is 3.28. The molecule has 1 amide bonds. The molecule has 6 nitrogen and oxygen atoms in total. The summed E-state index contributed by atoms with van der Waals surface area (Å²) in [6, 6.07) is 10.9. The van der Waals surface area contributed by atoms with E-state index < -0.39 is 23.3 Å². The predicted octanol–water partition coefficient (Wildman–Crippen LogP) is 2.25. The standard InChI is InChI=1S/C17H10FNO5/c18-13-4-2-1-3-11(13)16(21)23-10-6-5-9-7-12(15(19)20)17(22)24-14(9)8-10/h1-8H,(H2,19,20). The van der Waals surface area contributed by atoms with Gasteiger partial charge in [0, 0.05) is 11.5 Å². The molecule has 0 unspecified atom stereocenters. The number of rotatable bonds is 3. The highest BCUT2D eigenvalue weighted by Crippen LogP contribution is 2.22. The Hall–Kier alpha value is -3.48. The van der Waals surface area contributed by atoms with Gasteiger partial charge in [-0.15, -0.1) is 0 Å². The fourth-order valence-electron chi connectivity index (χ4n) is 2.12. The van der Waals surface area contributed by atoms with E-state index in [1.807, 2.05) is 0 Å². The number of carbonyl (C=O) groups is 2. The molecule has 0 aliphatic rings. The van der Waals surface area contributed by atoms with E-state index in [-0.39, 0.29) is 22.5 Å². The van der Waals surface area contributed by atoms with Crippen LogP contribution in [0.4, 0.5) is 4.39 Å². The Balaban J connectivity index is 1.95. The van der Waals surface area contributed by atoms with Gasteiger partial charge in [-0.1, -0.05) is 12.1 Å². The third-order valence-electron chi connectivity index (χ3n) is 3.28. The van der Waals surface area contributed by atoms with Crippen LogP contribution in [0.25, 0.3) is 11.0 Å². The summed E-state index contributed by atoms with van der Waals surface area (Å²) >= 11 is 0. The summed E-state index contributed by atoms with van der Waals surface area (Å²) in [6.07, 6.45) is 0. The van der Waals surface area contributed by atoms with Crippen molar-refractivity contribution in [1.29, 1.82) is 0 Å². The minimum Gasteiger partial charge on any atom is -0.423 e. The highest BCUT2D eigenvalue weighted by atomic mass is 19.1. The molecule has 0 saturated heterocycles. The van der Waals surface area contributed by atoms with Gasteiger partial charge in [-0.25, -0.2) is 14.0 Å². The smallest absolute Gasteiger partial charge is 0.349 e. The van der Waals surface area contributed by atoms with Crippen molar-refractivity contribution in [1.82, 2.24) is 0 Å². The minimum absolute atomic E-state index is 0.0609. The van der Waals surface area contributed by atoms with Crippen molar-refractivity contribution in [2.75, 3.05) is 0 Å². The van der Waals surface area contributed by atoms with Crippen LogP contribution in [-0.2, 0) is 0 Å². The van der Waals surface area contributed by atoms with E-state index in [1.165, 1.54) is 42.5 Å². The van der Waals surface area contributed by atoms with Crippen molar-refractivity contribution in [3.8, 4) is 5.75 Å². The average molecular weight is 327 g/mol. The van der Waals surface area contributed by atoms with E-state index in [0.29, 0.717) is 5.39 Å². The zero-order chi connectivity index (χ0) is 17.3. The maximum absolute atomic E-state index is 13.6. The van der Waals surface area contributed by atoms with Gasteiger partial charge < -0.3 is 14.9 Å². The van der Waals surface area contributed by atoms with Crippen LogP contribution in [-0.4, -0.2) is 11.9 Å². The van der Waals surface area contributed by atoms with Gasteiger partial charge in [0.05, 0.1) is 5.56 Å². The number of ether oxygens (including phenoxy) is 1. The third kappa shape index (κ3) is 2.87. The molecule has 0 saturated carbocycles. The quantitative estimate of drug-likeness (QED) is 0.452. The summed E-state index contributed by atoms with van der Waals surface area (Å²) in [6.45, 7) is 0. The molecule has 0 atom stereocenters. The molecule has 2 aromatic carbocycles. The number of halogens is 1. The Morgan fingerprint density at radius 2 is 1.79 bits per heavy atom. The fourth-order valence-corrected chi connectivity index (χ4v) is 2.12. The summed E-state index contributed by atoms with van der Waals surface area (Å²) < 4.78 is 23.6. The lowest BCUT2D eigenvalue weighted by atomic mass is 10.1. The van der Waals surface area contributed by atoms with Crippen LogP contribution in [0.3, 0.4) is 0 Å². The Labute approximate surface area is 134 Å². The second-order valence-corrected chi connectivity index (χ2v) is 4.88. The summed E-state index contributed by atoms with van der Waals surface area (Å²) in [7, 11) is 0. The van der Waals surface area contributed by atoms with E-state index >= 15 is 0 Å². The number of nitrogens with two attached hydrogens (primary N) is 1. The van der Waals surface area contributed by atoms with Crippen molar-refractivity contribution in [3.63, 3.8) is 0 Å². The second-order valence-electron chi connectivity index (χ2n) is 4.88. The van der Waals surface area contributed by atoms with Gasteiger partial charge in [0.25, 0.3) is 5.91 Å². The van der Waals surface area contributed by atoms with E-state index in [0.717, 1.165) is 6.07 Å². The summed E-state index contributed by atoms with van der Waals surface area (Å²) in [5.74, 6) is -2.43. The highest BCUT2D eigenvalue weighted by Gasteiger charge is 2.15. The van der Waals surface area contributed by atoms with E-state index in [2.05, 4.69) is 0 Å². The van der Waals surface area contributed by atoms with Crippen molar-refractivity contribution in [2.45, 2.75) is 0 Å². The van der Waals surface area contributed by atoms with Crippen LogP contribution in [0.5, 0.6) is 5.75 Å². The molecule has 0 aliphatic heterocycles. The maximum atomic E-state index is 13.6. The van der Waals surface area contributed by atoms with Gasteiger partial charge in [-0.3, -0.25) is 4.79 Å². The lowest BCUT2D eigenvalue weighted by Gasteiger charge is -2.06. The van der Waals surface area contributed by atoms with Gasteiger partial charge in [0.15, 0.2) is 0 Å². The molecule has 7 heteroatoms. The van der Waals surface area contributed by atoms with Gasteiger partial charge in [-0.05, 0) is 30.3 Å². The molecular weight excluding hydrogens is 317 g/mol. The summed E-state index contributed by atoms with van der Waals surface area (Å²) in [5.41, 5.74) is 3.78. The normalized spacial score (nSPS) is 10.5. The van der Waals surface area contributed by atoms with Crippen LogP contribution in [0.15, 0.2) is 57.7 Å². The molecule has 1 aromatic heterocycles. The highest BCUT2D eigenvalue weighted by molar-refractivity contribution is 5.96. The van der Waals surface area contributed by atoms with Gasteiger partial charge in [0.2, 0.25) is 0 Å². The molecule has 0 aliphatic carbocycles. The first-order valence-corrected chi connectivity index (χ1v) is 6.80. The van der Waals surface area contributed by atoms with Gasteiger partial charge in [0.1, 0.15) is 22.7 Å². The van der Waals surface area contributed by atoms with Gasteiger partial charge >= 0.3 is 11.6 Å². The number of carbonyl (C=O) groups excluding carboxylic acids is 2. The molecule has 3 aromatic rings. The molecular formula is C17H10FNO5. The first kappa shape index (κ1) is 15.4. The fraction of sp³-hybridized carbons (Fsp3) is 0. The first-order valence-electron chi connectivity index (χ1n) is 6.80. The van der Waals surface area contributed by atoms with Gasteiger partial charge in [-0.2, -0.15) is 0 Å². The average Bonchev–Trinajstić information content (AvgIpc) is 2.54. The Morgan fingerprint density at radius 1 is 1.04 bits per heavy atom. The second kappa shape index (κ2) is 5.96. The van der Waals surface area contributed by atoms with E-state index in [9.17, 15) is 18.8 Å². The number of benzene rings is 2. The Bertz CT molecular complexity index is 1020.